The number of benzene rings is 2. The van der Waals surface area contributed by atoms with Crippen LogP contribution < -0.4 is 9.80 Å². The molecule has 1 aromatic heterocycles. The lowest BCUT2D eigenvalue weighted by Crippen LogP contribution is -2.44. The molecule has 2 aromatic carbocycles. The van der Waals surface area contributed by atoms with Gasteiger partial charge in [0, 0.05) is 49.7 Å². The van der Waals surface area contributed by atoms with E-state index in [0.717, 1.165) is 41.7 Å². The largest absolute Gasteiger partial charge is 0.309 e. The Labute approximate surface area is 222 Å². The van der Waals surface area contributed by atoms with Gasteiger partial charge in [0.05, 0.1) is 15.9 Å². The van der Waals surface area contributed by atoms with E-state index in [1.54, 1.807) is 23.1 Å². The Kier molecular flexibility index (Phi) is 5.42. The third-order valence-corrected chi connectivity index (χ3v) is 10.5. The summed E-state index contributed by atoms with van der Waals surface area (Å²) in [5.74, 6) is 0.772. The van der Waals surface area contributed by atoms with E-state index in [1.807, 2.05) is 36.1 Å². The summed E-state index contributed by atoms with van der Waals surface area (Å²) in [6, 6.07) is 13.1. The zero-order valence-electron chi connectivity index (χ0n) is 21.4. The molecule has 1 aliphatic carbocycles. The van der Waals surface area contributed by atoms with Gasteiger partial charge in [-0.15, -0.1) is 0 Å². The summed E-state index contributed by atoms with van der Waals surface area (Å²) in [6.45, 7) is 3.95. The molecule has 3 aliphatic heterocycles. The van der Waals surface area contributed by atoms with E-state index < -0.39 is 10.0 Å². The molecule has 38 heavy (non-hydrogen) atoms. The molecule has 9 nitrogen and oxygen atoms in total. The predicted octanol–water partition coefficient (Wildman–Crippen LogP) is 3.17. The molecule has 3 aromatic rings. The highest BCUT2D eigenvalue weighted by atomic mass is 32.2. The monoisotopic (exact) mass is 533 g/mol. The predicted molar refractivity (Wildman–Crippen MR) is 143 cm³/mol. The lowest BCUT2D eigenvalue weighted by Gasteiger charge is -2.32. The Hall–Kier alpha value is -3.24. The molecule has 4 aliphatic rings. The number of carbonyl (C=O) groups is 2. The molecule has 2 fully saturated rings. The maximum absolute atomic E-state index is 13.5. The van der Waals surface area contributed by atoms with Crippen molar-refractivity contribution in [2.75, 3.05) is 29.4 Å². The lowest BCUT2D eigenvalue weighted by atomic mass is 9.96. The highest BCUT2D eigenvalue weighted by Crippen LogP contribution is 2.40. The molecular weight excluding hydrogens is 502 g/mol. The number of rotatable bonds is 4. The molecule has 198 valence electrons. The van der Waals surface area contributed by atoms with Crippen LogP contribution in [-0.4, -0.2) is 59.8 Å². The summed E-state index contributed by atoms with van der Waals surface area (Å²) < 4.78 is 30.7. The van der Waals surface area contributed by atoms with E-state index in [4.69, 9.17) is 0 Å². The van der Waals surface area contributed by atoms with Gasteiger partial charge in [-0.1, -0.05) is 12.1 Å². The highest BCUT2D eigenvalue weighted by Gasteiger charge is 2.41. The normalized spacial score (nSPS) is 22.2. The number of imidazole rings is 1. The third kappa shape index (κ3) is 3.68. The first kappa shape index (κ1) is 23.8. The summed E-state index contributed by atoms with van der Waals surface area (Å²) in [7, 11) is -3.69. The second kappa shape index (κ2) is 8.64. The Balaban J connectivity index is 1.05. The molecular formula is C28H31N5O4S. The molecule has 0 bridgehead atoms. The van der Waals surface area contributed by atoms with Crippen LogP contribution in [0.2, 0.25) is 0 Å². The second-order valence-electron chi connectivity index (χ2n) is 11.0. The molecule has 0 N–H and O–H groups in total. The minimum absolute atomic E-state index is 0.0306. The van der Waals surface area contributed by atoms with E-state index in [1.165, 1.54) is 4.31 Å². The number of para-hydroxylation sites is 2. The van der Waals surface area contributed by atoms with Crippen LogP contribution in [0.4, 0.5) is 11.6 Å². The van der Waals surface area contributed by atoms with Gasteiger partial charge in [0.25, 0.3) is 0 Å². The van der Waals surface area contributed by atoms with Crippen LogP contribution in [0.25, 0.3) is 11.0 Å². The molecule has 0 unspecified atom stereocenters. The van der Waals surface area contributed by atoms with Crippen molar-refractivity contribution in [3.8, 4) is 0 Å². The van der Waals surface area contributed by atoms with Gasteiger partial charge in [0.15, 0.2) is 0 Å². The third-order valence-electron chi connectivity index (χ3n) is 8.56. The Morgan fingerprint density at radius 3 is 2.39 bits per heavy atom. The molecule has 4 heterocycles. The number of hydrogen-bond acceptors (Lipinski definition) is 5. The van der Waals surface area contributed by atoms with Crippen LogP contribution >= 0.6 is 0 Å². The van der Waals surface area contributed by atoms with Gasteiger partial charge >= 0.3 is 0 Å². The number of hydrogen-bond donors (Lipinski definition) is 0. The van der Waals surface area contributed by atoms with Crippen molar-refractivity contribution in [2.45, 2.75) is 56.5 Å². The van der Waals surface area contributed by atoms with Crippen LogP contribution in [0.1, 0.15) is 38.2 Å². The smallest absolute Gasteiger partial charge is 0.243 e. The van der Waals surface area contributed by atoms with E-state index >= 15 is 0 Å². The van der Waals surface area contributed by atoms with Gasteiger partial charge in [-0.2, -0.15) is 4.31 Å². The second-order valence-corrected chi connectivity index (χ2v) is 13.0. The molecule has 0 spiro atoms. The van der Waals surface area contributed by atoms with Gasteiger partial charge in [0.1, 0.15) is 0 Å². The van der Waals surface area contributed by atoms with Crippen LogP contribution in [0.5, 0.6) is 0 Å². The standard InChI is InChI=1S/C28H31N5O4S/c1-18-16-21-17-22(8-9-24(21)33(18)27(35)19-6-7-19)38(36,37)30-12-10-20(11-13-30)26(34)32-15-14-31-25-5-3-2-4-23(25)29-28(31)32/h2-5,8-9,17-20H,6-7,10-16H2,1H3/t18-/m1/s1. The number of aromatic nitrogens is 2. The average molecular weight is 534 g/mol. The van der Waals surface area contributed by atoms with Gasteiger partial charge < -0.3 is 9.47 Å². The molecule has 10 heteroatoms. The van der Waals surface area contributed by atoms with E-state index in [9.17, 15) is 18.0 Å². The van der Waals surface area contributed by atoms with Crippen molar-refractivity contribution in [3.63, 3.8) is 0 Å². The summed E-state index contributed by atoms with van der Waals surface area (Å²) in [5, 5.41) is 0. The van der Waals surface area contributed by atoms with Crippen LogP contribution in [0.3, 0.4) is 0 Å². The van der Waals surface area contributed by atoms with Gasteiger partial charge in [0.2, 0.25) is 27.8 Å². The lowest BCUT2D eigenvalue weighted by molar-refractivity contribution is -0.123. The first-order chi connectivity index (χ1) is 18.3. The van der Waals surface area contributed by atoms with Crippen LogP contribution in [-0.2, 0) is 32.6 Å². The Morgan fingerprint density at radius 2 is 1.63 bits per heavy atom. The number of piperidine rings is 1. The molecule has 2 amide bonds. The van der Waals surface area contributed by atoms with Crippen molar-refractivity contribution in [2.24, 2.45) is 11.8 Å². The van der Waals surface area contributed by atoms with E-state index in [-0.39, 0.29) is 34.6 Å². The number of amides is 2. The van der Waals surface area contributed by atoms with Crippen LogP contribution in [0.15, 0.2) is 47.4 Å². The maximum atomic E-state index is 13.5. The van der Waals surface area contributed by atoms with Crippen LogP contribution in [0, 0.1) is 11.8 Å². The summed E-state index contributed by atoms with van der Waals surface area (Å²) in [5.41, 5.74) is 3.66. The zero-order valence-corrected chi connectivity index (χ0v) is 22.2. The first-order valence-electron chi connectivity index (χ1n) is 13.6. The molecule has 0 radical (unpaired) electrons. The quantitative estimate of drug-likeness (QED) is 0.513. The van der Waals surface area contributed by atoms with Gasteiger partial charge in [-0.25, -0.2) is 13.4 Å². The fourth-order valence-corrected chi connectivity index (χ4v) is 7.86. The molecule has 1 saturated carbocycles. The number of sulfonamides is 1. The van der Waals surface area contributed by atoms with Crippen molar-refractivity contribution in [1.29, 1.82) is 0 Å². The fraction of sp³-hybridized carbons (Fsp3) is 0.464. The Morgan fingerprint density at radius 1 is 0.895 bits per heavy atom. The van der Waals surface area contributed by atoms with E-state index in [0.29, 0.717) is 44.8 Å². The average Bonchev–Trinajstić information content (AvgIpc) is 3.48. The topological polar surface area (TPSA) is 95.8 Å². The zero-order chi connectivity index (χ0) is 26.2. The summed E-state index contributed by atoms with van der Waals surface area (Å²) >= 11 is 0. The summed E-state index contributed by atoms with van der Waals surface area (Å²) in [6.07, 6.45) is 3.52. The minimum atomic E-state index is -3.69. The number of anilines is 2. The summed E-state index contributed by atoms with van der Waals surface area (Å²) in [4.78, 5) is 34.8. The number of carbonyl (C=O) groups excluding carboxylic acids is 2. The fourth-order valence-electron chi connectivity index (χ4n) is 6.34. The molecule has 1 saturated heterocycles. The van der Waals surface area contributed by atoms with Gasteiger partial charge in [-0.3, -0.25) is 14.5 Å². The number of fused-ring (bicyclic) bond motifs is 4. The van der Waals surface area contributed by atoms with Gasteiger partial charge in [-0.05, 0) is 74.9 Å². The first-order valence-corrected chi connectivity index (χ1v) is 15.0. The minimum Gasteiger partial charge on any atom is -0.309 e. The molecule has 1 atom stereocenters. The highest BCUT2D eigenvalue weighted by molar-refractivity contribution is 7.89. The maximum Gasteiger partial charge on any atom is 0.243 e. The Bertz CT molecular complexity index is 1570. The SMILES string of the molecule is C[C@@H]1Cc2cc(S(=O)(=O)N3CCC(C(=O)N4CCn5c4nc4ccccc45)CC3)ccc2N1C(=O)C1CC1. The van der Waals surface area contributed by atoms with Crippen molar-refractivity contribution >= 4 is 44.5 Å². The van der Waals surface area contributed by atoms with Crippen molar-refractivity contribution < 1.29 is 18.0 Å². The van der Waals surface area contributed by atoms with Crippen molar-refractivity contribution in [3.05, 3.63) is 48.0 Å². The number of nitrogens with zero attached hydrogens (tertiary/aromatic N) is 5. The van der Waals surface area contributed by atoms with Crippen molar-refractivity contribution in [1.82, 2.24) is 13.9 Å². The van der Waals surface area contributed by atoms with E-state index in [2.05, 4.69) is 9.55 Å². The molecule has 7 rings (SSSR count).